The molecule has 0 radical (unpaired) electrons. The first kappa shape index (κ1) is 18.3. The minimum atomic E-state index is -3.59. The topological polar surface area (TPSA) is 110 Å². The number of nitrogens with zero attached hydrogens (tertiary/aromatic N) is 3. The van der Waals surface area contributed by atoms with Gasteiger partial charge in [-0.3, -0.25) is 0 Å². The highest BCUT2D eigenvalue weighted by Crippen LogP contribution is 2.30. The molecule has 136 valence electrons. The molecule has 0 aliphatic carbocycles. The van der Waals surface area contributed by atoms with E-state index in [1.807, 2.05) is 0 Å². The summed E-state index contributed by atoms with van der Waals surface area (Å²) in [5.74, 6) is 0.0589. The normalized spacial score (nSPS) is 17.7. The highest BCUT2D eigenvalue weighted by Gasteiger charge is 2.32. The van der Waals surface area contributed by atoms with Crippen molar-refractivity contribution in [1.82, 2.24) is 14.5 Å². The SMILES string of the molecule is CS(=O)(=O)c1nnc(C2CCN(S(=O)(=O)c3ccc(Cl)cc3)CC2)o1. The second kappa shape index (κ2) is 6.67. The third-order valence-corrected chi connectivity index (χ3v) is 6.96. The van der Waals surface area contributed by atoms with E-state index in [2.05, 4.69) is 10.2 Å². The lowest BCUT2D eigenvalue weighted by molar-refractivity contribution is 0.278. The molecule has 2 heterocycles. The fourth-order valence-electron chi connectivity index (χ4n) is 2.63. The summed E-state index contributed by atoms with van der Waals surface area (Å²) in [6.07, 6.45) is 1.93. The molecule has 8 nitrogen and oxygen atoms in total. The zero-order valence-corrected chi connectivity index (χ0v) is 15.7. The largest absolute Gasteiger partial charge is 0.412 e. The van der Waals surface area contributed by atoms with Crippen LogP contribution in [-0.4, -0.2) is 50.7 Å². The van der Waals surface area contributed by atoms with Gasteiger partial charge in [-0.2, -0.15) is 4.31 Å². The van der Waals surface area contributed by atoms with Gasteiger partial charge in [0.2, 0.25) is 25.8 Å². The number of hydrogen-bond donors (Lipinski definition) is 0. The Labute approximate surface area is 150 Å². The molecule has 0 N–H and O–H groups in total. The van der Waals surface area contributed by atoms with Gasteiger partial charge in [-0.25, -0.2) is 16.8 Å². The third kappa shape index (κ3) is 3.86. The number of hydrogen-bond acceptors (Lipinski definition) is 7. The lowest BCUT2D eigenvalue weighted by Gasteiger charge is -2.29. The number of halogens is 1. The van der Waals surface area contributed by atoms with Crippen LogP contribution < -0.4 is 0 Å². The first-order valence-electron chi connectivity index (χ1n) is 7.47. The molecule has 1 aromatic carbocycles. The molecule has 0 saturated carbocycles. The molecule has 2 aromatic rings. The van der Waals surface area contributed by atoms with Crippen LogP contribution in [0.3, 0.4) is 0 Å². The number of benzene rings is 1. The molecule has 1 aliphatic heterocycles. The zero-order chi connectivity index (χ0) is 18.2. The van der Waals surface area contributed by atoms with E-state index in [1.165, 1.54) is 28.6 Å². The molecule has 0 atom stereocenters. The zero-order valence-electron chi connectivity index (χ0n) is 13.3. The highest BCUT2D eigenvalue weighted by molar-refractivity contribution is 7.90. The van der Waals surface area contributed by atoms with Gasteiger partial charge in [0, 0.05) is 30.3 Å². The molecular weight excluding hydrogens is 390 g/mol. The van der Waals surface area contributed by atoms with E-state index in [0.29, 0.717) is 17.9 Å². The molecule has 11 heteroatoms. The monoisotopic (exact) mass is 405 g/mol. The van der Waals surface area contributed by atoms with E-state index < -0.39 is 25.1 Å². The smallest absolute Gasteiger partial charge is 0.335 e. The molecule has 0 amide bonds. The molecule has 0 bridgehead atoms. The fourth-order valence-corrected chi connectivity index (χ4v) is 4.66. The molecule has 1 fully saturated rings. The molecule has 25 heavy (non-hydrogen) atoms. The standard InChI is InChI=1S/C14H16ClN3O5S2/c1-24(19,20)14-17-16-13(23-14)10-6-8-18(9-7-10)25(21,22)12-4-2-11(15)3-5-12/h2-5,10H,6-9H2,1H3. The van der Waals surface area contributed by atoms with Gasteiger partial charge in [-0.1, -0.05) is 16.7 Å². The van der Waals surface area contributed by atoms with Crippen molar-refractivity contribution in [2.24, 2.45) is 0 Å². The van der Waals surface area contributed by atoms with Crippen molar-refractivity contribution >= 4 is 31.5 Å². The third-order valence-electron chi connectivity index (χ3n) is 3.99. The predicted octanol–water partition coefficient (Wildman–Crippen LogP) is 1.69. The van der Waals surface area contributed by atoms with Crippen molar-refractivity contribution in [2.45, 2.75) is 28.9 Å². The van der Waals surface area contributed by atoms with Gasteiger partial charge in [0.15, 0.2) is 0 Å². The van der Waals surface area contributed by atoms with Gasteiger partial charge in [0.05, 0.1) is 4.90 Å². The van der Waals surface area contributed by atoms with Gasteiger partial charge >= 0.3 is 5.22 Å². The maximum atomic E-state index is 12.6. The molecular formula is C14H16ClN3O5S2. The molecule has 0 unspecified atom stereocenters. The number of sulfone groups is 1. The van der Waals surface area contributed by atoms with E-state index in [9.17, 15) is 16.8 Å². The van der Waals surface area contributed by atoms with Crippen LogP contribution in [0, 0.1) is 0 Å². The summed E-state index contributed by atoms with van der Waals surface area (Å²) >= 11 is 5.79. The predicted molar refractivity (Wildman–Crippen MR) is 89.6 cm³/mol. The number of rotatable bonds is 4. The van der Waals surface area contributed by atoms with Crippen LogP contribution in [0.2, 0.25) is 5.02 Å². The van der Waals surface area contributed by atoms with E-state index in [4.69, 9.17) is 16.0 Å². The first-order valence-corrected chi connectivity index (χ1v) is 11.2. The molecule has 1 saturated heterocycles. The number of aromatic nitrogens is 2. The lowest BCUT2D eigenvalue weighted by atomic mass is 9.98. The summed E-state index contributed by atoms with van der Waals surface area (Å²) < 4.78 is 54.7. The van der Waals surface area contributed by atoms with Crippen molar-refractivity contribution < 1.29 is 21.3 Å². The summed E-state index contributed by atoms with van der Waals surface area (Å²) in [5.41, 5.74) is 0. The molecule has 0 spiro atoms. The van der Waals surface area contributed by atoms with Crippen LogP contribution in [0.15, 0.2) is 38.8 Å². The Morgan fingerprint density at radius 2 is 1.68 bits per heavy atom. The molecule has 1 aromatic heterocycles. The Balaban J connectivity index is 1.71. The van der Waals surface area contributed by atoms with Crippen molar-refractivity contribution in [3.05, 3.63) is 35.2 Å². The van der Waals surface area contributed by atoms with Crippen LogP contribution >= 0.6 is 11.6 Å². The summed E-state index contributed by atoms with van der Waals surface area (Å²) in [7, 11) is -7.14. The minimum Gasteiger partial charge on any atom is -0.412 e. The average molecular weight is 406 g/mol. The fraction of sp³-hybridized carbons (Fsp3) is 0.429. The Morgan fingerprint density at radius 3 is 2.20 bits per heavy atom. The second-order valence-corrected chi connectivity index (χ2v) is 10.1. The number of piperidine rings is 1. The molecule has 1 aliphatic rings. The Bertz CT molecular complexity index is 962. The summed E-state index contributed by atoms with van der Waals surface area (Å²) in [4.78, 5) is 0.188. The van der Waals surface area contributed by atoms with E-state index in [0.717, 1.165) is 6.26 Å². The quantitative estimate of drug-likeness (QED) is 0.760. The van der Waals surface area contributed by atoms with Crippen molar-refractivity contribution in [3.8, 4) is 0 Å². The summed E-state index contributed by atoms with van der Waals surface area (Å²) in [5, 5.41) is 7.37. The average Bonchev–Trinajstić information content (AvgIpc) is 3.06. The van der Waals surface area contributed by atoms with Gasteiger partial charge < -0.3 is 4.42 Å². The minimum absolute atomic E-state index is 0.167. The van der Waals surface area contributed by atoms with Crippen LogP contribution in [0.5, 0.6) is 0 Å². The van der Waals surface area contributed by atoms with Crippen molar-refractivity contribution in [2.75, 3.05) is 19.3 Å². The summed E-state index contributed by atoms with van der Waals surface area (Å²) in [6, 6.07) is 6.01. The van der Waals surface area contributed by atoms with Crippen molar-refractivity contribution in [3.63, 3.8) is 0 Å². The lowest BCUT2D eigenvalue weighted by Crippen LogP contribution is -2.37. The van der Waals surface area contributed by atoms with Gasteiger partial charge in [-0.15, -0.1) is 5.10 Å². The van der Waals surface area contributed by atoms with E-state index >= 15 is 0 Å². The van der Waals surface area contributed by atoms with Crippen LogP contribution in [0.1, 0.15) is 24.7 Å². The maximum Gasteiger partial charge on any atom is 0.335 e. The highest BCUT2D eigenvalue weighted by atomic mass is 35.5. The van der Waals surface area contributed by atoms with E-state index in [-0.39, 0.29) is 29.8 Å². The maximum absolute atomic E-state index is 12.6. The van der Waals surface area contributed by atoms with Gasteiger partial charge in [-0.05, 0) is 37.1 Å². The number of sulfonamides is 1. The molecule has 3 rings (SSSR count). The summed E-state index contributed by atoms with van der Waals surface area (Å²) in [6.45, 7) is 0.568. The second-order valence-electron chi connectivity index (χ2n) is 5.81. The van der Waals surface area contributed by atoms with Crippen molar-refractivity contribution in [1.29, 1.82) is 0 Å². The van der Waals surface area contributed by atoms with E-state index in [1.54, 1.807) is 0 Å². The Hall–Kier alpha value is -1.49. The first-order chi connectivity index (χ1) is 11.7. The van der Waals surface area contributed by atoms with Crippen LogP contribution in [0.25, 0.3) is 0 Å². The van der Waals surface area contributed by atoms with Gasteiger partial charge in [0.25, 0.3) is 0 Å². The Morgan fingerprint density at radius 1 is 1.08 bits per heavy atom. The Kier molecular flexibility index (Phi) is 4.89. The van der Waals surface area contributed by atoms with Crippen LogP contribution in [0.4, 0.5) is 0 Å². The van der Waals surface area contributed by atoms with Gasteiger partial charge in [0.1, 0.15) is 0 Å². The van der Waals surface area contributed by atoms with Crippen LogP contribution in [-0.2, 0) is 19.9 Å².